The van der Waals surface area contributed by atoms with Crippen molar-refractivity contribution < 1.29 is 58.2 Å². The Morgan fingerprint density at radius 2 is 0.810 bits per heavy atom. The van der Waals surface area contributed by atoms with Crippen molar-refractivity contribution in [2.75, 3.05) is 13.2 Å². The van der Waals surface area contributed by atoms with E-state index in [0.29, 0.717) is 25.7 Å². The second-order valence-corrected chi connectivity index (χ2v) is 20.6. The third-order valence-corrected chi connectivity index (χ3v) is 13.3. The highest BCUT2D eigenvalue weighted by molar-refractivity contribution is 5.74. The molecule has 12 heteroatoms. The topological polar surface area (TPSA) is 175 Å². The Bertz CT molecular complexity index is 1790. The van der Waals surface area contributed by atoms with E-state index in [-0.39, 0.29) is 25.9 Å². The van der Waals surface area contributed by atoms with Crippen LogP contribution in [0.2, 0.25) is 0 Å². The average Bonchev–Trinajstić information content (AvgIpc) is 3.46. The molecular formula is C67H108O12. The molecule has 0 radical (unpaired) electrons. The summed E-state index contributed by atoms with van der Waals surface area (Å²) in [6.45, 7) is 5.71. The van der Waals surface area contributed by atoms with E-state index < -0.39 is 67.3 Å². The van der Waals surface area contributed by atoms with Gasteiger partial charge in [-0.15, -0.1) is 0 Å². The maximum Gasteiger partial charge on any atom is 0.335 e. The van der Waals surface area contributed by atoms with E-state index in [2.05, 4.69) is 124 Å². The second kappa shape index (κ2) is 54.0. The molecule has 0 aromatic rings. The van der Waals surface area contributed by atoms with E-state index in [1.807, 2.05) is 6.08 Å². The lowest BCUT2D eigenvalue weighted by Crippen LogP contribution is -2.61. The quantitative estimate of drug-likeness (QED) is 0.0228. The van der Waals surface area contributed by atoms with Gasteiger partial charge in [0.05, 0.1) is 6.61 Å². The number of allylic oxidation sites excluding steroid dienone is 18. The standard InChI is InChI=1S/C67H108O12/c1-4-7-10-13-16-19-22-25-28-30-33-35-38-41-44-47-50-53-59(68)75-56-58(77-60(69)54-51-48-45-42-39-37-34-31-29-26-23-20-17-14-11-8-5-2)57-76-67-65(63(72)62(71)64(79-67)66(73)74)78-61(70)55-52-49-46-43-40-36-32-27-24-21-18-15-12-9-6-3/h7,9-10,12,16,18-19,21,25-29,32-33,35,41,44,58,62-65,67,71-72H,4-6,8,11,13-15,17,20,22-24,30-31,34,36-40,42-43,45-57H2,1-3H3,(H,73,74)/b10-7-,12-9-,19-16-,21-18-,28-25-,29-26-,32-27-,35-33-,44-41-. The second-order valence-electron chi connectivity index (χ2n) is 20.6. The Balaban J connectivity index is 2.74. The molecule has 0 saturated carbocycles. The van der Waals surface area contributed by atoms with Gasteiger partial charge in [0.15, 0.2) is 24.6 Å². The van der Waals surface area contributed by atoms with E-state index in [1.165, 1.54) is 57.8 Å². The first-order valence-corrected chi connectivity index (χ1v) is 30.9. The van der Waals surface area contributed by atoms with Gasteiger partial charge < -0.3 is 39.0 Å². The molecule has 12 nitrogen and oxygen atoms in total. The molecule has 0 bridgehead atoms. The van der Waals surface area contributed by atoms with Gasteiger partial charge in [-0.25, -0.2) is 4.79 Å². The van der Waals surface area contributed by atoms with Crippen LogP contribution in [0.5, 0.6) is 0 Å². The van der Waals surface area contributed by atoms with Crippen molar-refractivity contribution >= 4 is 23.9 Å². The van der Waals surface area contributed by atoms with Gasteiger partial charge in [0.1, 0.15) is 18.8 Å². The van der Waals surface area contributed by atoms with Crippen molar-refractivity contribution in [2.45, 2.75) is 276 Å². The Hall–Kier alpha value is -4.62. The molecular weight excluding hydrogens is 997 g/mol. The van der Waals surface area contributed by atoms with Crippen LogP contribution in [0.25, 0.3) is 0 Å². The zero-order valence-corrected chi connectivity index (χ0v) is 49.3. The molecule has 3 N–H and O–H groups in total. The molecule has 0 amide bonds. The number of aliphatic hydroxyl groups is 2. The maximum absolute atomic E-state index is 13.2. The molecule has 0 aromatic carbocycles. The van der Waals surface area contributed by atoms with E-state index in [1.54, 1.807) is 0 Å². The van der Waals surface area contributed by atoms with Crippen LogP contribution >= 0.6 is 0 Å². The Morgan fingerprint density at radius 3 is 1.27 bits per heavy atom. The number of carbonyl (C=O) groups excluding carboxylic acids is 3. The van der Waals surface area contributed by atoms with Crippen molar-refractivity contribution in [3.05, 3.63) is 109 Å². The summed E-state index contributed by atoms with van der Waals surface area (Å²) in [6.07, 6.45) is 60.6. The molecule has 1 aliphatic heterocycles. The predicted molar refractivity (Wildman–Crippen MR) is 321 cm³/mol. The molecule has 1 rings (SSSR count). The number of hydrogen-bond acceptors (Lipinski definition) is 11. The van der Waals surface area contributed by atoms with E-state index in [9.17, 15) is 34.5 Å². The fraction of sp³-hybridized carbons (Fsp3) is 0.672. The van der Waals surface area contributed by atoms with Gasteiger partial charge >= 0.3 is 23.9 Å². The van der Waals surface area contributed by atoms with Crippen LogP contribution in [0, 0.1) is 0 Å². The zero-order chi connectivity index (χ0) is 57.5. The molecule has 1 fully saturated rings. The monoisotopic (exact) mass is 1100 g/mol. The minimum absolute atomic E-state index is 0.0301. The van der Waals surface area contributed by atoms with Crippen LogP contribution < -0.4 is 0 Å². The number of rotatable bonds is 51. The SMILES string of the molecule is CC/C=C\C/C=C\C/C=C\C/C=C\C/C=C\CCCC(=O)OCC(COC1OC(C(=O)O)C(O)C(O)C1OC(=O)CCCCCCC/C=C\C/C=C\C/C=C\CC)OC(=O)CCCCCCCCC/C=C\CCCCCCCC. The Labute approximate surface area is 478 Å². The summed E-state index contributed by atoms with van der Waals surface area (Å²) in [4.78, 5) is 51.2. The number of aliphatic hydroxyl groups excluding tert-OH is 2. The Kier molecular flexibility index (Phi) is 49.5. The largest absolute Gasteiger partial charge is 0.479 e. The molecule has 0 aromatic heterocycles. The summed E-state index contributed by atoms with van der Waals surface area (Å²) < 4.78 is 28.4. The Morgan fingerprint density at radius 1 is 0.430 bits per heavy atom. The fourth-order valence-electron chi connectivity index (χ4n) is 8.65. The molecule has 6 unspecified atom stereocenters. The van der Waals surface area contributed by atoms with Gasteiger partial charge in [-0.1, -0.05) is 214 Å². The minimum Gasteiger partial charge on any atom is -0.479 e. The van der Waals surface area contributed by atoms with Crippen LogP contribution in [0.4, 0.5) is 0 Å². The maximum atomic E-state index is 13.2. The van der Waals surface area contributed by atoms with Gasteiger partial charge in [-0.3, -0.25) is 14.4 Å². The first kappa shape index (κ1) is 72.4. The number of aliphatic carboxylic acids is 1. The molecule has 1 heterocycles. The summed E-state index contributed by atoms with van der Waals surface area (Å²) in [5.41, 5.74) is 0. The van der Waals surface area contributed by atoms with Crippen LogP contribution in [-0.2, 0) is 42.9 Å². The number of carboxylic acid groups (broad SMARTS) is 1. The number of esters is 3. The molecule has 6 atom stereocenters. The number of ether oxygens (including phenoxy) is 5. The van der Waals surface area contributed by atoms with Crippen LogP contribution in [0.3, 0.4) is 0 Å². The summed E-state index contributed by atoms with van der Waals surface area (Å²) in [5.74, 6) is -3.23. The third kappa shape index (κ3) is 43.8. The number of hydrogen-bond donors (Lipinski definition) is 3. The first-order chi connectivity index (χ1) is 38.6. The highest BCUT2D eigenvalue weighted by Crippen LogP contribution is 2.26. The highest BCUT2D eigenvalue weighted by Gasteiger charge is 2.50. The van der Waals surface area contributed by atoms with Gasteiger partial charge in [-0.2, -0.15) is 0 Å². The molecule has 1 aliphatic rings. The summed E-state index contributed by atoms with van der Waals surface area (Å²) in [6, 6.07) is 0. The van der Waals surface area contributed by atoms with Crippen molar-refractivity contribution in [3.63, 3.8) is 0 Å². The number of unbranched alkanes of at least 4 members (excludes halogenated alkanes) is 19. The number of carbonyl (C=O) groups is 4. The zero-order valence-electron chi connectivity index (χ0n) is 49.3. The van der Waals surface area contributed by atoms with Gasteiger partial charge in [0.25, 0.3) is 0 Å². The lowest BCUT2D eigenvalue weighted by atomic mass is 9.98. The van der Waals surface area contributed by atoms with Crippen molar-refractivity contribution in [2.24, 2.45) is 0 Å². The molecule has 1 saturated heterocycles. The fourth-order valence-corrected chi connectivity index (χ4v) is 8.65. The number of carboxylic acids is 1. The van der Waals surface area contributed by atoms with Gasteiger partial charge in [0.2, 0.25) is 0 Å². The lowest BCUT2D eigenvalue weighted by molar-refractivity contribution is -0.301. The third-order valence-electron chi connectivity index (χ3n) is 13.3. The van der Waals surface area contributed by atoms with Crippen LogP contribution in [0.15, 0.2) is 109 Å². The molecule has 448 valence electrons. The summed E-state index contributed by atoms with van der Waals surface area (Å²) in [5, 5.41) is 31.5. The normalized spacial score (nSPS) is 18.6. The van der Waals surface area contributed by atoms with Gasteiger partial charge in [0, 0.05) is 19.3 Å². The van der Waals surface area contributed by atoms with E-state index >= 15 is 0 Å². The smallest absolute Gasteiger partial charge is 0.335 e. The molecule has 79 heavy (non-hydrogen) atoms. The summed E-state index contributed by atoms with van der Waals surface area (Å²) in [7, 11) is 0. The van der Waals surface area contributed by atoms with E-state index in [4.69, 9.17) is 23.7 Å². The van der Waals surface area contributed by atoms with Crippen molar-refractivity contribution in [3.8, 4) is 0 Å². The van der Waals surface area contributed by atoms with Crippen molar-refractivity contribution in [1.29, 1.82) is 0 Å². The molecule has 0 spiro atoms. The van der Waals surface area contributed by atoms with Crippen LogP contribution in [-0.4, -0.2) is 89.2 Å². The lowest BCUT2D eigenvalue weighted by Gasteiger charge is -2.40. The van der Waals surface area contributed by atoms with Gasteiger partial charge in [-0.05, 0) is 116 Å². The summed E-state index contributed by atoms with van der Waals surface area (Å²) >= 11 is 0. The molecule has 0 aliphatic carbocycles. The first-order valence-electron chi connectivity index (χ1n) is 30.9. The van der Waals surface area contributed by atoms with Crippen LogP contribution in [0.1, 0.15) is 239 Å². The van der Waals surface area contributed by atoms with Crippen molar-refractivity contribution in [1.82, 2.24) is 0 Å². The predicted octanol–water partition coefficient (Wildman–Crippen LogP) is 16.2. The highest BCUT2D eigenvalue weighted by atomic mass is 16.7. The average molecular weight is 1110 g/mol. The van der Waals surface area contributed by atoms with E-state index in [0.717, 1.165) is 116 Å². The minimum atomic E-state index is -1.92.